The summed E-state index contributed by atoms with van der Waals surface area (Å²) in [5, 5.41) is 8.61. The van der Waals surface area contributed by atoms with Gasteiger partial charge in [-0.15, -0.1) is 0 Å². The standard InChI is InChI=1S/C14H9F3N2/c15-14(16,17)12-4-2-1-3-11(12)13-9-10(5-7-18)6-8-19-13/h1-4,6,8-9H,5H2. The largest absolute Gasteiger partial charge is 0.417 e. The van der Waals surface area contributed by atoms with Gasteiger partial charge in [0.15, 0.2) is 0 Å². The molecule has 0 atom stereocenters. The van der Waals surface area contributed by atoms with E-state index in [1.165, 1.54) is 30.5 Å². The van der Waals surface area contributed by atoms with E-state index in [4.69, 9.17) is 5.26 Å². The van der Waals surface area contributed by atoms with Gasteiger partial charge in [-0.05, 0) is 23.8 Å². The van der Waals surface area contributed by atoms with Gasteiger partial charge in [0.25, 0.3) is 0 Å². The van der Waals surface area contributed by atoms with E-state index in [-0.39, 0.29) is 17.7 Å². The van der Waals surface area contributed by atoms with Gasteiger partial charge in [0, 0.05) is 11.8 Å². The Morgan fingerprint density at radius 1 is 1.16 bits per heavy atom. The lowest BCUT2D eigenvalue weighted by atomic mass is 10.0. The van der Waals surface area contributed by atoms with Crippen molar-refractivity contribution >= 4 is 0 Å². The Balaban J connectivity index is 2.54. The molecular weight excluding hydrogens is 253 g/mol. The number of benzene rings is 1. The van der Waals surface area contributed by atoms with Crippen LogP contribution in [0.3, 0.4) is 0 Å². The molecule has 5 heteroatoms. The van der Waals surface area contributed by atoms with Gasteiger partial charge in [-0.1, -0.05) is 18.2 Å². The van der Waals surface area contributed by atoms with Crippen LogP contribution in [-0.4, -0.2) is 4.98 Å². The second-order valence-corrected chi connectivity index (χ2v) is 3.93. The van der Waals surface area contributed by atoms with Gasteiger partial charge in [0.05, 0.1) is 23.7 Å². The Kier molecular flexibility index (Phi) is 3.52. The molecule has 2 rings (SSSR count). The molecule has 1 heterocycles. The maximum atomic E-state index is 12.9. The van der Waals surface area contributed by atoms with Crippen molar-refractivity contribution in [3.8, 4) is 17.3 Å². The monoisotopic (exact) mass is 262 g/mol. The van der Waals surface area contributed by atoms with Crippen molar-refractivity contribution in [2.24, 2.45) is 0 Å². The van der Waals surface area contributed by atoms with Gasteiger partial charge >= 0.3 is 6.18 Å². The average molecular weight is 262 g/mol. The third-order valence-corrected chi connectivity index (χ3v) is 2.62. The van der Waals surface area contributed by atoms with Crippen molar-refractivity contribution in [2.75, 3.05) is 0 Å². The van der Waals surface area contributed by atoms with Crippen LogP contribution in [0.4, 0.5) is 13.2 Å². The van der Waals surface area contributed by atoms with Crippen molar-refractivity contribution in [1.29, 1.82) is 5.26 Å². The van der Waals surface area contributed by atoms with Crippen LogP contribution in [-0.2, 0) is 12.6 Å². The third-order valence-electron chi connectivity index (χ3n) is 2.62. The van der Waals surface area contributed by atoms with E-state index in [0.717, 1.165) is 6.07 Å². The molecule has 0 fully saturated rings. The second-order valence-electron chi connectivity index (χ2n) is 3.93. The molecular formula is C14H9F3N2. The zero-order valence-electron chi connectivity index (χ0n) is 9.78. The Hall–Kier alpha value is -2.35. The molecule has 1 aromatic carbocycles. The molecule has 19 heavy (non-hydrogen) atoms. The predicted molar refractivity (Wildman–Crippen MR) is 64.0 cm³/mol. The van der Waals surface area contributed by atoms with Crippen LogP contribution >= 0.6 is 0 Å². The molecule has 0 bridgehead atoms. The fourth-order valence-corrected chi connectivity index (χ4v) is 1.78. The third kappa shape index (κ3) is 2.91. The maximum Gasteiger partial charge on any atom is 0.417 e. The first-order valence-corrected chi connectivity index (χ1v) is 5.51. The Labute approximate surface area is 108 Å². The van der Waals surface area contributed by atoms with E-state index >= 15 is 0 Å². The summed E-state index contributed by atoms with van der Waals surface area (Å²) in [6.45, 7) is 0. The van der Waals surface area contributed by atoms with E-state index in [9.17, 15) is 13.2 Å². The van der Waals surface area contributed by atoms with E-state index in [0.29, 0.717) is 5.56 Å². The molecule has 1 aromatic heterocycles. The molecule has 0 aliphatic heterocycles. The number of aromatic nitrogens is 1. The zero-order valence-corrected chi connectivity index (χ0v) is 9.78. The van der Waals surface area contributed by atoms with Crippen LogP contribution in [0.25, 0.3) is 11.3 Å². The highest BCUT2D eigenvalue weighted by Gasteiger charge is 2.33. The number of hydrogen-bond acceptors (Lipinski definition) is 2. The van der Waals surface area contributed by atoms with Gasteiger partial charge in [0.1, 0.15) is 0 Å². The molecule has 0 N–H and O–H groups in total. The molecule has 0 aliphatic carbocycles. The highest BCUT2D eigenvalue weighted by molar-refractivity contribution is 5.65. The SMILES string of the molecule is N#CCc1ccnc(-c2ccccc2C(F)(F)F)c1. The molecule has 0 radical (unpaired) electrons. The number of halogens is 3. The number of rotatable bonds is 2. The van der Waals surface area contributed by atoms with Gasteiger partial charge in [-0.2, -0.15) is 18.4 Å². The Morgan fingerprint density at radius 2 is 1.89 bits per heavy atom. The fraction of sp³-hybridized carbons (Fsp3) is 0.143. The first-order chi connectivity index (χ1) is 9.02. The highest BCUT2D eigenvalue weighted by Crippen LogP contribution is 2.36. The van der Waals surface area contributed by atoms with Crippen molar-refractivity contribution < 1.29 is 13.2 Å². The summed E-state index contributed by atoms with van der Waals surface area (Å²) in [6, 6.07) is 10.3. The summed E-state index contributed by atoms with van der Waals surface area (Å²) in [5.41, 5.74) is 0.163. The molecule has 0 amide bonds. The molecule has 0 spiro atoms. The second kappa shape index (κ2) is 5.11. The highest BCUT2D eigenvalue weighted by atomic mass is 19.4. The summed E-state index contributed by atoms with van der Waals surface area (Å²) in [7, 11) is 0. The number of pyridine rings is 1. The quantitative estimate of drug-likeness (QED) is 0.824. The topological polar surface area (TPSA) is 36.7 Å². The lowest BCUT2D eigenvalue weighted by Gasteiger charge is -2.12. The van der Waals surface area contributed by atoms with Crippen LogP contribution in [0.1, 0.15) is 11.1 Å². The van der Waals surface area contributed by atoms with Gasteiger partial charge < -0.3 is 0 Å². The molecule has 0 saturated heterocycles. The minimum atomic E-state index is -4.43. The number of nitriles is 1. The molecule has 0 aliphatic rings. The first kappa shape index (κ1) is 13.1. The van der Waals surface area contributed by atoms with Crippen LogP contribution in [0, 0.1) is 11.3 Å². The smallest absolute Gasteiger partial charge is 0.256 e. The van der Waals surface area contributed by atoms with Crippen LogP contribution in [0.2, 0.25) is 0 Å². The van der Waals surface area contributed by atoms with Crippen molar-refractivity contribution in [2.45, 2.75) is 12.6 Å². The van der Waals surface area contributed by atoms with Crippen molar-refractivity contribution in [3.63, 3.8) is 0 Å². The van der Waals surface area contributed by atoms with Gasteiger partial charge in [-0.25, -0.2) is 0 Å². The zero-order chi connectivity index (χ0) is 13.9. The molecule has 2 nitrogen and oxygen atoms in total. The number of nitrogens with zero attached hydrogens (tertiary/aromatic N) is 2. The summed E-state index contributed by atoms with van der Waals surface area (Å²) in [4.78, 5) is 3.96. The van der Waals surface area contributed by atoms with Crippen LogP contribution in [0.15, 0.2) is 42.6 Å². The number of alkyl halides is 3. The summed E-state index contributed by atoms with van der Waals surface area (Å²) in [6.07, 6.45) is -2.87. The molecule has 96 valence electrons. The summed E-state index contributed by atoms with van der Waals surface area (Å²) in [5.74, 6) is 0. The minimum Gasteiger partial charge on any atom is -0.256 e. The maximum absolute atomic E-state index is 12.9. The van der Waals surface area contributed by atoms with Crippen LogP contribution in [0.5, 0.6) is 0 Å². The summed E-state index contributed by atoms with van der Waals surface area (Å²) < 4.78 is 38.7. The summed E-state index contributed by atoms with van der Waals surface area (Å²) >= 11 is 0. The van der Waals surface area contributed by atoms with Crippen LogP contribution < -0.4 is 0 Å². The minimum absolute atomic E-state index is 0.0230. The lowest BCUT2D eigenvalue weighted by molar-refractivity contribution is -0.137. The first-order valence-electron chi connectivity index (χ1n) is 5.51. The Morgan fingerprint density at radius 3 is 2.58 bits per heavy atom. The fourth-order valence-electron chi connectivity index (χ4n) is 1.78. The predicted octanol–water partition coefficient (Wildman–Crippen LogP) is 3.83. The molecule has 2 aromatic rings. The molecule has 0 unspecified atom stereocenters. The van der Waals surface area contributed by atoms with Gasteiger partial charge in [0.2, 0.25) is 0 Å². The lowest BCUT2D eigenvalue weighted by Crippen LogP contribution is -2.07. The van der Waals surface area contributed by atoms with Crippen molar-refractivity contribution in [3.05, 3.63) is 53.7 Å². The van der Waals surface area contributed by atoms with Crippen molar-refractivity contribution in [1.82, 2.24) is 4.98 Å². The van der Waals surface area contributed by atoms with E-state index in [1.807, 2.05) is 6.07 Å². The Bertz CT molecular complexity index is 627. The van der Waals surface area contributed by atoms with E-state index in [2.05, 4.69) is 4.98 Å². The van der Waals surface area contributed by atoms with E-state index < -0.39 is 11.7 Å². The normalized spacial score (nSPS) is 11.1. The average Bonchev–Trinajstić information content (AvgIpc) is 2.38. The number of hydrogen-bond donors (Lipinski definition) is 0. The van der Waals surface area contributed by atoms with Gasteiger partial charge in [-0.3, -0.25) is 4.98 Å². The van der Waals surface area contributed by atoms with E-state index in [1.54, 1.807) is 6.07 Å². The molecule has 0 saturated carbocycles.